The van der Waals surface area contributed by atoms with Gasteiger partial charge in [-0.2, -0.15) is 0 Å². The Balaban J connectivity index is 1.54. The van der Waals surface area contributed by atoms with Crippen molar-refractivity contribution in [3.8, 4) is 0 Å². The number of benzene rings is 5. The third-order valence-electron chi connectivity index (χ3n) is 5.74. The third-order valence-corrected chi connectivity index (χ3v) is 5.74. The minimum atomic E-state index is -1.82. The summed E-state index contributed by atoms with van der Waals surface area (Å²) in [4.78, 5) is 0. The lowest BCUT2D eigenvalue weighted by Crippen LogP contribution is -1.97. The molecular weight excluding hydrogens is 436 g/mol. The van der Waals surface area contributed by atoms with Crippen LogP contribution in [0.5, 0.6) is 0 Å². The van der Waals surface area contributed by atoms with Crippen molar-refractivity contribution in [1.29, 1.82) is 0 Å². The first-order chi connectivity index (χ1) is 16.5. The number of fused-ring (bicyclic) bond motifs is 3. The molecule has 166 valence electrons. The largest absolute Gasteiger partial charge is 0.204 e. The van der Waals surface area contributed by atoms with Crippen molar-refractivity contribution in [2.45, 2.75) is 0 Å². The monoisotopic (exact) mass is 454 g/mol. The highest BCUT2D eigenvalue weighted by Crippen LogP contribution is 2.29. The highest BCUT2D eigenvalue weighted by atomic mass is 19.2. The zero-order valence-electron chi connectivity index (χ0n) is 17.9. The van der Waals surface area contributed by atoms with Gasteiger partial charge in [-0.3, -0.25) is 0 Å². The molecule has 0 radical (unpaired) electrons. The molecule has 0 bridgehead atoms. The van der Waals surface area contributed by atoms with Crippen LogP contribution in [0.15, 0.2) is 84.9 Å². The van der Waals surface area contributed by atoms with Gasteiger partial charge in [0.1, 0.15) is 0 Å². The van der Waals surface area contributed by atoms with Crippen LogP contribution in [-0.4, -0.2) is 0 Å². The molecule has 0 unspecified atom stereocenters. The Morgan fingerprint density at radius 1 is 0.441 bits per heavy atom. The molecule has 0 aliphatic rings. The van der Waals surface area contributed by atoms with Gasteiger partial charge in [0.2, 0.25) is 0 Å². The van der Waals surface area contributed by atoms with Crippen LogP contribution in [0.1, 0.15) is 22.3 Å². The number of hydrogen-bond acceptors (Lipinski definition) is 0. The van der Waals surface area contributed by atoms with E-state index >= 15 is 0 Å². The second kappa shape index (κ2) is 8.99. The van der Waals surface area contributed by atoms with Crippen LogP contribution < -0.4 is 0 Å². The van der Waals surface area contributed by atoms with E-state index in [0.717, 1.165) is 38.2 Å². The fourth-order valence-electron chi connectivity index (χ4n) is 3.95. The SMILES string of the molecule is Fc1cc(/C=C\c2ccc3ccc4ccc(/C=C\c5ccccc5)cc4c3c2)c(F)c(F)c1F. The van der Waals surface area contributed by atoms with Crippen LogP contribution in [0.2, 0.25) is 0 Å². The zero-order chi connectivity index (χ0) is 23.7. The molecule has 5 aromatic rings. The van der Waals surface area contributed by atoms with Crippen molar-refractivity contribution < 1.29 is 17.6 Å². The van der Waals surface area contributed by atoms with Gasteiger partial charge in [0.05, 0.1) is 0 Å². The summed E-state index contributed by atoms with van der Waals surface area (Å²) < 4.78 is 54.3. The Bertz CT molecular complexity index is 1580. The van der Waals surface area contributed by atoms with Crippen molar-refractivity contribution in [3.05, 3.63) is 130 Å². The van der Waals surface area contributed by atoms with Crippen LogP contribution in [0.25, 0.3) is 45.8 Å². The smallest absolute Gasteiger partial charge is 0.198 e. The fourth-order valence-corrected chi connectivity index (χ4v) is 3.95. The van der Waals surface area contributed by atoms with Gasteiger partial charge in [-0.15, -0.1) is 0 Å². The van der Waals surface area contributed by atoms with E-state index < -0.39 is 23.3 Å². The van der Waals surface area contributed by atoms with E-state index in [0.29, 0.717) is 6.07 Å². The Morgan fingerprint density at radius 3 is 1.59 bits per heavy atom. The van der Waals surface area contributed by atoms with Crippen molar-refractivity contribution in [2.75, 3.05) is 0 Å². The zero-order valence-corrected chi connectivity index (χ0v) is 17.9. The van der Waals surface area contributed by atoms with Crippen LogP contribution in [0.4, 0.5) is 17.6 Å². The van der Waals surface area contributed by atoms with E-state index in [-0.39, 0.29) is 5.56 Å². The average molecular weight is 454 g/mol. The van der Waals surface area contributed by atoms with Gasteiger partial charge in [0.25, 0.3) is 0 Å². The molecule has 5 aromatic carbocycles. The number of rotatable bonds is 4. The first kappa shape index (κ1) is 21.7. The average Bonchev–Trinajstić information content (AvgIpc) is 2.88. The van der Waals surface area contributed by atoms with Gasteiger partial charge < -0.3 is 0 Å². The molecule has 0 saturated heterocycles. The fraction of sp³-hybridized carbons (Fsp3) is 0. The van der Waals surface area contributed by atoms with Crippen LogP contribution in [0, 0.1) is 23.3 Å². The van der Waals surface area contributed by atoms with Crippen LogP contribution in [0.3, 0.4) is 0 Å². The Kier molecular flexibility index (Phi) is 5.72. The molecule has 0 atom stereocenters. The standard InChI is InChI=1S/C30H18F4/c31-27-18-24(28(32)30(34)29(27)33)13-10-21-9-12-23-15-14-22-11-8-20(16-25(22)26(23)17-21)7-6-19-4-2-1-3-5-19/h1-18H/b7-6-,13-10-. The lowest BCUT2D eigenvalue weighted by molar-refractivity contribution is 0.408. The predicted octanol–water partition coefficient (Wildman–Crippen LogP) is 8.89. The maximum Gasteiger partial charge on any atom is 0.198 e. The molecule has 0 nitrogen and oxygen atoms in total. The summed E-state index contributed by atoms with van der Waals surface area (Å²) >= 11 is 0. The number of halogens is 4. The molecule has 0 N–H and O–H groups in total. The van der Waals surface area contributed by atoms with Crippen molar-refractivity contribution in [2.24, 2.45) is 0 Å². The normalized spacial score (nSPS) is 11.9. The van der Waals surface area contributed by atoms with Gasteiger partial charge >= 0.3 is 0 Å². The summed E-state index contributed by atoms with van der Waals surface area (Å²) in [5.41, 5.74) is 2.51. The van der Waals surface area contributed by atoms with E-state index in [2.05, 4.69) is 36.4 Å². The summed E-state index contributed by atoms with van der Waals surface area (Å²) in [6, 6.07) is 26.7. The molecule has 0 aliphatic heterocycles. The molecule has 4 heteroatoms. The Hall–Kier alpha value is -4.18. The van der Waals surface area contributed by atoms with Crippen molar-refractivity contribution in [1.82, 2.24) is 0 Å². The summed E-state index contributed by atoms with van der Waals surface area (Å²) in [5.74, 6) is -6.49. The molecule has 0 amide bonds. The lowest BCUT2D eigenvalue weighted by atomic mass is 9.97. The first-order valence-corrected chi connectivity index (χ1v) is 10.7. The van der Waals surface area contributed by atoms with Crippen molar-refractivity contribution >= 4 is 45.8 Å². The molecule has 0 fully saturated rings. The van der Waals surface area contributed by atoms with Gasteiger partial charge in [-0.25, -0.2) is 17.6 Å². The van der Waals surface area contributed by atoms with E-state index in [4.69, 9.17) is 0 Å². The molecular formula is C30H18F4. The minimum Gasteiger partial charge on any atom is -0.204 e. The van der Waals surface area contributed by atoms with E-state index in [1.54, 1.807) is 6.08 Å². The second-order valence-corrected chi connectivity index (χ2v) is 7.99. The molecule has 0 aromatic heterocycles. The Morgan fingerprint density at radius 2 is 0.971 bits per heavy atom. The maximum atomic E-state index is 14.0. The summed E-state index contributed by atoms with van der Waals surface area (Å²) in [7, 11) is 0. The summed E-state index contributed by atoms with van der Waals surface area (Å²) in [6.07, 6.45) is 6.89. The molecule has 0 aliphatic carbocycles. The third kappa shape index (κ3) is 4.23. The predicted molar refractivity (Wildman–Crippen MR) is 132 cm³/mol. The second-order valence-electron chi connectivity index (χ2n) is 7.99. The quantitative estimate of drug-likeness (QED) is 0.0836. The molecule has 0 saturated carbocycles. The van der Waals surface area contributed by atoms with Crippen molar-refractivity contribution in [3.63, 3.8) is 0 Å². The highest BCUT2D eigenvalue weighted by molar-refractivity contribution is 6.09. The summed E-state index contributed by atoms with van der Waals surface area (Å²) in [6.45, 7) is 0. The van der Waals surface area contributed by atoms with Crippen LogP contribution >= 0.6 is 0 Å². The van der Waals surface area contributed by atoms with E-state index in [1.165, 1.54) is 6.08 Å². The van der Waals surface area contributed by atoms with Gasteiger partial charge in [-0.1, -0.05) is 91.0 Å². The van der Waals surface area contributed by atoms with Gasteiger partial charge in [-0.05, 0) is 56.4 Å². The van der Waals surface area contributed by atoms with Gasteiger partial charge in [0, 0.05) is 5.56 Å². The molecule has 5 rings (SSSR count). The minimum absolute atomic E-state index is 0.359. The van der Waals surface area contributed by atoms with E-state index in [1.807, 2.05) is 54.6 Å². The number of hydrogen-bond donors (Lipinski definition) is 0. The van der Waals surface area contributed by atoms with Crippen LogP contribution in [-0.2, 0) is 0 Å². The topological polar surface area (TPSA) is 0 Å². The maximum absolute atomic E-state index is 14.0. The Labute approximate surface area is 194 Å². The molecule has 0 heterocycles. The van der Waals surface area contributed by atoms with Gasteiger partial charge in [0.15, 0.2) is 23.3 Å². The first-order valence-electron chi connectivity index (χ1n) is 10.7. The molecule has 34 heavy (non-hydrogen) atoms. The highest BCUT2D eigenvalue weighted by Gasteiger charge is 2.17. The van der Waals surface area contributed by atoms with E-state index in [9.17, 15) is 17.6 Å². The molecule has 0 spiro atoms. The lowest BCUT2D eigenvalue weighted by Gasteiger charge is -2.07. The summed E-state index contributed by atoms with van der Waals surface area (Å²) in [5, 5.41) is 4.14.